The van der Waals surface area contributed by atoms with Gasteiger partial charge in [0.15, 0.2) is 0 Å². The molecule has 2 heterocycles. The first-order valence-corrected chi connectivity index (χ1v) is 7.56. The highest BCUT2D eigenvalue weighted by molar-refractivity contribution is 7.99. The fourth-order valence-electron chi connectivity index (χ4n) is 2.87. The Morgan fingerprint density at radius 3 is 2.94 bits per heavy atom. The second-order valence-corrected chi connectivity index (χ2v) is 6.11. The summed E-state index contributed by atoms with van der Waals surface area (Å²) in [5, 5.41) is 0. The highest BCUT2D eigenvalue weighted by Gasteiger charge is 2.31. The van der Waals surface area contributed by atoms with E-state index in [9.17, 15) is 0 Å². The standard InChI is InChI=1S/C12H24N2OS/c1-14(11-4-6-16-9-11)12(7-13)10-3-2-5-15-8-10/h10-12H,2-9,13H2,1H3. The first-order chi connectivity index (χ1) is 7.83. The molecule has 0 bridgehead atoms. The van der Waals surface area contributed by atoms with Crippen molar-refractivity contribution in [1.29, 1.82) is 0 Å². The smallest absolute Gasteiger partial charge is 0.0509 e. The predicted molar refractivity (Wildman–Crippen MR) is 69.9 cm³/mol. The molecule has 16 heavy (non-hydrogen) atoms. The zero-order valence-electron chi connectivity index (χ0n) is 10.2. The largest absolute Gasteiger partial charge is 0.381 e. The van der Waals surface area contributed by atoms with E-state index in [0.717, 1.165) is 25.8 Å². The molecule has 0 aromatic rings. The van der Waals surface area contributed by atoms with Gasteiger partial charge in [0.1, 0.15) is 0 Å². The van der Waals surface area contributed by atoms with Gasteiger partial charge in [-0.15, -0.1) is 0 Å². The van der Waals surface area contributed by atoms with E-state index in [2.05, 4.69) is 23.7 Å². The minimum absolute atomic E-state index is 0.518. The van der Waals surface area contributed by atoms with Gasteiger partial charge in [0.2, 0.25) is 0 Å². The molecule has 2 aliphatic rings. The van der Waals surface area contributed by atoms with E-state index in [1.165, 1.54) is 30.8 Å². The molecule has 2 aliphatic heterocycles. The normalized spacial score (nSPS) is 33.2. The summed E-state index contributed by atoms with van der Waals surface area (Å²) in [6, 6.07) is 1.25. The molecule has 0 amide bonds. The van der Waals surface area contributed by atoms with Gasteiger partial charge in [0, 0.05) is 31.0 Å². The van der Waals surface area contributed by atoms with Crippen molar-refractivity contribution >= 4 is 11.8 Å². The number of nitrogens with zero attached hydrogens (tertiary/aromatic N) is 1. The van der Waals surface area contributed by atoms with E-state index >= 15 is 0 Å². The van der Waals surface area contributed by atoms with E-state index in [1.54, 1.807) is 0 Å². The summed E-state index contributed by atoms with van der Waals surface area (Å²) in [5.74, 6) is 3.24. The summed E-state index contributed by atoms with van der Waals surface area (Å²) in [5.41, 5.74) is 5.97. The Kier molecular flexibility index (Phi) is 4.95. The lowest BCUT2D eigenvalue weighted by Crippen LogP contribution is -2.50. The van der Waals surface area contributed by atoms with Crippen LogP contribution in [0.2, 0.25) is 0 Å². The molecular formula is C12H24N2OS. The molecular weight excluding hydrogens is 220 g/mol. The number of thioether (sulfide) groups is 1. The van der Waals surface area contributed by atoms with Gasteiger partial charge in [0.05, 0.1) is 6.61 Å². The Morgan fingerprint density at radius 1 is 1.50 bits per heavy atom. The van der Waals surface area contributed by atoms with Crippen LogP contribution < -0.4 is 5.73 Å². The summed E-state index contributed by atoms with van der Waals surface area (Å²) in [6.45, 7) is 2.62. The fraction of sp³-hybridized carbons (Fsp3) is 1.00. The molecule has 0 radical (unpaired) electrons. The van der Waals surface area contributed by atoms with Crippen molar-refractivity contribution in [1.82, 2.24) is 4.90 Å². The average molecular weight is 244 g/mol. The second-order valence-electron chi connectivity index (χ2n) is 4.96. The molecule has 3 nitrogen and oxygen atoms in total. The van der Waals surface area contributed by atoms with Crippen molar-refractivity contribution in [2.45, 2.75) is 31.3 Å². The van der Waals surface area contributed by atoms with Gasteiger partial charge in [-0.1, -0.05) is 0 Å². The minimum atomic E-state index is 0.518. The molecule has 2 fully saturated rings. The molecule has 0 aromatic carbocycles. The van der Waals surface area contributed by atoms with E-state index < -0.39 is 0 Å². The zero-order valence-corrected chi connectivity index (χ0v) is 11.0. The number of nitrogens with two attached hydrogens (primary N) is 1. The maximum atomic E-state index is 5.97. The van der Waals surface area contributed by atoms with E-state index in [-0.39, 0.29) is 0 Å². The number of hydrogen-bond acceptors (Lipinski definition) is 4. The third kappa shape index (κ3) is 2.92. The summed E-state index contributed by atoms with van der Waals surface area (Å²) in [6.07, 6.45) is 3.81. The maximum absolute atomic E-state index is 5.97. The third-order valence-corrected chi connectivity index (χ3v) is 5.13. The Labute approximate surface area is 103 Å². The summed E-state index contributed by atoms with van der Waals surface area (Å²) >= 11 is 2.07. The van der Waals surface area contributed by atoms with Crippen LogP contribution in [0.1, 0.15) is 19.3 Å². The Bertz CT molecular complexity index is 203. The monoisotopic (exact) mass is 244 g/mol. The molecule has 94 valence electrons. The van der Waals surface area contributed by atoms with Crippen molar-refractivity contribution in [3.05, 3.63) is 0 Å². The van der Waals surface area contributed by atoms with Gasteiger partial charge < -0.3 is 10.5 Å². The lowest BCUT2D eigenvalue weighted by Gasteiger charge is -2.38. The lowest BCUT2D eigenvalue weighted by atomic mass is 9.92. The van der Waals surface area contributed by atoms with Crippen LogP contribution in [0.3, 0.4) is 0 Å². The van der Waals surface area contributed by atoms with Gasteiger partial charge >= 0.3 is 0 Å². The molecule has 0 saturated carbocycles. The van der Waals surface area contributed by atoms with Crippen molar-refractivity contribution in [3.63, 3.8) is 0 Å². The van der Waals surface area contributed by atoms with Crippen molar-refractivity contribution in [3.8, 4) is 0 Å². The molecule has 2 N–H and O–H groups in total. The third-order valence-electron chi connectivity index (χ3n) is 3.99. The predicted octanol–water partition coefficient (Wildman–Crippen LogP) is 1.18. The minimum Gasteiger partial charge on any atom is -0.381 e. The summed E-state index contributed by atoms with van der Waals surface area (Å²) < 4.78 is 5.59. The first-order valence-electron chi connectivity index (χ1n) is 6.40. The van der Waals surface area contributed by atoms with Crippen LogP contribution in [0.4, 0.5) is 0 Å². The average Bonchev–Trinajstić information content (AvgIpc) is 2.85. The number of likely N-dealkylation sites (N-methyl/N-ethyl adjacent to an activating group) is 1. The first kappa shape index (κ1) is 12.7. The highest BCUT2D eigenvalue weighted by atomic mass is 32.2. The Morgan fingerprint density at radius 2 is 2.38 bits per heavy atom. The van der Waals surface area contributed by atoms with Crippen molar-refractivity contribution in [2.75, 3.05) is 38.3 Å². The second kappa shape index (κ2) is 6.24. The Balaban J connectivity index is 1.91. The maximum Gasteiger partial charge on any atom is 0.0509 e. The summed E-state index contributed by atoms with van der Waals surface area (Å²) in [7, 11) is 2.25. The van der Waals surface area contributed by atoms with Crippen LogP contribution in [0.5, 0.6) is 0 Å². The molecule has 0 spiro atoms. The van der Waals surface area contributed by atoms with Crippen LogP contribution in [0, 0.1) is 5.92 Å². The van der Waals surface area contributed by atoms with Gasteiger partial charge in [-0.2, -0.15) is 11.8 Å². The molecule has 3 unspecified atom stereocenters. The molecule has 4 heteroatoms. The number of rotatable bonds is 4. The molecule has 2 rings (SSSR count). The zero-order chi connectivity index (χ0) is 11.4. The number of hydrogen-bond donors (Lipinski definition) is 1. The van der Waals surface area contributed by atoms with Crippen LogP contribution in [-0.4, -0.2) is 55.3 Å². The Hall–Kier alpha value is 0.230. The van der Waals surface area contributed by atoms with E-state index in [0.29, 0.717) is 12.0 Å². The topological polar surface area (TPSA) is 38.5 Å². The summed E-state index contributed by atoms with van der Waals surface area (Å²) in [4.78, 5) is 2.53. The number of ether oxygens (including phenoxy) is 1. The van der Waals surface area contributed by atoms with Crippen LogP contribution in [-0.2, 0) is 4.74 Å². The van der Waals surface area contributed by atoms with Gasteiger partial charge in [0.25, 0.3) is 0 Å². The SMILES string of the molecule is CN(C1CCSC1)C(CN)C1CCCOC1. The highest BCUT2D eigenvalue weighted by Crippen LogP contribution is 2.27. The van der Waals surface area contributed by atoms with Crippen LogP contribution in [0.25, 0.3) is 0 Å². The van der Waals surface area contributed by atoms with E-state index in [4.69, 9.17) is 10.5 Å². The lowest BCUT2D eigenvalue weighted by molar-refractivity contribution is 0.00984. The van der Waals surface area contributed by atoms with E-state index in [1.807, 2.05) is 0 Å². The van der Waals surface area contributed by atoms with Crippen molar-refractivity contribution in [2.24, 2.45) is 11.7 Å². The van der Waals surface area contributed by atoms with Crippen molar-refractivity contribution < 1.29 is 4.74 Å². The van der Waals surface area contributed by atoms with Crippen LogP contribution in [0.15, 0.2) is 0 Å². The fourth-order valence-corrected chi connectivity index (χ4v) is 4.15. The quantitative estimate of drug-likeness (QED) is 0.806. The van der Waals surface area contributed by atoms with Crippen LogP contribution >= 0.6 is 11.8 Å². The molecule has 0 aliphatic carbocycles. The molecule has 2 saturated heterocycles. The van der Waals surface area contributed by atoms with Gasteiger partial charge in [-0.3, -0.25) is 4.90 Å². The molecule has 3 atom stereocenters. The van der Waals surface area contributed by atoms with Gasteiger partial charge in [-0.25, -0.2) is 0 Å². The van der Waals surface area contributed by atoms with Gasteiger partial charge in [-0.05, 0) is 38.0 Å². The molecule has 0 aromatic heterocycles.